The second-order valence-corrected chi connectivity index (χ2v) is 5.63. The predicted octanol–water partition coefficient (Wildman–Crippen LogP) is 4.31. The van der Waals surface area contributed by atoms with Crippen LogP contribution < -0.4 is 5.32 Å². The van der Waals surface area contributed by atoms with E-state index in [1.165, 1.54) is 18.3 Å². The van der Waals surface area contributed by atoms with Gasteiger partial charge < -0.3 is 9.73 Å². The van der Waals surface area contributed by atoms with E-state index in [2.05, 4.69) is 33.2 Å². The zero-order valence-corrected chi connectivity index (χ0v) is 13.3. The molecule has 0 aliphatic carbocycles. The molecule has 1 N–H and O–H groups in total. The smallest absolute Gasteiger partial charge is 0.194 e. The molecule has 0 fully saturated rings. The summed E-state index contributed by atoms with van der Waals surface area (Å²) in [5, 5.41) is 3.27. The molecule has 0 atom stereocenters. The largest absolute Gasteiger partial charge is 0.441 e. The maximum atomic E-state index is 13.8. The minimum absolute atomic E-state index is 0.119. The average molecular weight is 359 g/mol. The van der Waals surface area contributed by atoms with Gasteiger partial charge >= 0.3 is 0 Å². The summed E-state index contributed by atoms with van der Waals surface area (Å²) in [6.07, 6.45) is 3.96. The second kappa shape index (κ2) is 7.66. The second-order valence-electron chi connectivity index (χ2n) is 4.72. The Labute approximate surface area is 130 Å². The number of oxazole rings is 1. The van der Waals surface area contributed by atoms with Crippen molar-refractivity contribution >= 4 is 15.9 Å². The third-order valence-corrected chi connectivity index (χ3v) is 3.44. The van der Waals surface area contributed by atoms with Crippen LogP contribution in [0, 0.1) is 11.6 Å². The van der Waals surface area contributed by atoms with Gasteiger partial charge in [-0.2, -0.15) is 0 Å². The molecule has 0 unspecified atom stereocenters. The molecule has 21 heavy (non-hydrogen) atoms. The first-order chi connectivity index (χ1) is 10.1. The lowest BCUT2D eigenvalue weighted by atomic mass is 10.1. The van der Waals surface area contributed by atoms with Gasteiger partial charge in [0.2, 0.25) is 0 Å². The molecule has 0 amide bonds. The molecule has 1 aromatic carbocycles. The van der Waals surface area contributed by atoms with Gasteiger partial charge in [-0.25, -0.2) is 13.8 Å². The van der Waals surface area contributed by atoms with Crippen molar-refractivity contribution in [3.8, 4) is 11.3 Å². The van der Waals surface area contributed by atoms with Gasteiger partial charge in [0, 0.05) is 10.9 Å². The highest BCUT2D eigenvalue weighted by atomic mass is 79.9. The van der Waals surface area contributed by atoms with E-state index in [1.54, 1.807) is 0 Å². The standard InChI is InChI=1S/C15H17BrF2N2O/c1-2-5-19-6-3-4-14-20-9-13(21-14)15-11(17)7-10(16)8-12(15)18/h7-9,19H,2-6H2,1H3. The third-order valence-electron chi connectivity index (χ3n) is 2.98. The normalized spacial score (nSPS) is 11.0. The van der Waals surface area contributed by atoms with E-state index in [9.17, 15) is 8.78 Å². The molecule has 6 heteroatoms. The number of nitrogens with zero attached hydrogens (tertiary/aromatic N) is 1. The van der Waals surface area contributed by atoms with Crippen LogP contribution in [0.25, 0.3) is 11.3 Å². The van der Waals surface area contributed by atoms with Gasteiger partial charge in [-0.05, 0) is 38.1 Å². The molecule has 0 spiro atoms. The Morgan fingerprint density at radius 1 is 1.24 bits per heavy atom. The van der Waals surface area contributed by atoms with Crippen LogP contribution in [0.5, 0.6) is 0 Å². The fourth-order valence-corrected chi connectivity index (χ4v) is 2.39. The number of aromatic nitrogens is 1. The Hall–Kier alpha value is -1.27. The van der Waals surface area contributed by atoms with Crippen molar-refractivity contribution in [2.75, 3.05) is 13.1 Å². The van der Waals surface area contributed by atoms with Crippen LogP contribution in [0.4, 0.5) is 8.78 Å². The van der Waals surface area contributed by atoms with Crippen LogP contribution in [0.3, 0.4) is 0 Å². The Bertz CT molecular complexity index is 578. The van der Waals surface area contributed by atoms with Crippen LogP contribution >= 0.6 is 15.9 Å². The summed E-state index contributed by atoms with van der Waals surface area (Å²) in [5.41, 5.74) is -0.180. The molecule has 2 aromatic rings. The average Bonchev–Trinajstić information content (AvgIpc) is 2.86. The minimum Gasteiger partial charge on any atom is -0.441 e. The van der Waals surface area contributed by atoms with E-state index in [4.69, 9.17) is 4.42 Å². The van der Waals surface area contributed by atoms with E-state index in [1.807, 2.05) is 0 Å². The summed E-state index contributed by atoms with van der Waals surface area (Å²) < 4.78 is 33.5. The summed E-state index contributed by atoms with van der Waals surface area (Å²) in [6, 6.07) is 2.41. The first-order valence-corrected chi connectivity index (χ1v) is 7.71. The molecule has 0 bridgehead atoms. The van der Waals surface area contributed by atoms with Crippen molar-refractivity contribution in [1.29, 1.82) is 0 Å². The van der Waals surface area contributed by atoms with Crippen molar-refractivity contribution in [3.63, 3.8) is 0 Å². The Balaban J connectivity index is 2.03. The predicted molar refractivity (Wildman–Crippen MR) is 81.0 cm³/mol. The van der Waals surface area contributed by atoms with E-state index >= 15 is 0 Å². The fraction of sp³-hybridized carbons (Fsp3) is 0.400. The van der Waals surface area contributed by atoms with Gasteiger partial charge in [-0.15, -0.1) is 0 Å². The van der Waals surface area contributed by atoms with Gasteiger partial charge in [0.05, 0.1) is 11.8 Å². The number of aryl methyl sites for hydroxylation is 1. The van der Waals surface area contributed by atoms with E-state index in [0.29, 0.717) is 16.8 Å². The first-order valence-electron chi connectivity index (χ1n) is 6.92. The molecule has 0 saturated carbocycles. The van der Waals surface area contributed by atoms with Crippen LogP contribution in [-0.4, -0.2) is 18.1 Å². The van der Waals surface area contributed by atoms with Crippen LogP contribution in [0.2, 0.25) is 0 Å². The molecular formula is C15H17BrF2N2O. The van der Waals surface area contributed by atoms with Crippen LogP contribution in [0.15, 0.2) is 27.2 Å². The Kier molecular flexibility index (Phi) is 5.87. The molecule has 0 aliphatic rings. The summed E-state index contributed by atoms with van der Waals surface area (Å²) in [7, 11) is 0. The Morgan fingerprint density at radius 3 is 2.62 bits per heavy atom. The third kappa shape index (κ3) is 4.35. The molecule has 3 nitrogen and oxygen atoms in total. The number of nitrogens with one attached hydrogen (secondary N) is 1. The molecule has 2 rings (SSSR count). The van der Waals surface area contributed by atoms with E-state index < -0.39 is 11.6 Å². The van der Waals surface area contributed by atoms with Crippen molar-refractivity contribution in [3.05, 3.63) is 40.3 Å². The van der Waals surface area contributed by atoms with E-state index in [-0.39, 0.29) is 11.3 Å². The molecular weight excluding hydrogens is 342 g/mol. The molecule has 0 saturated heterocycles. The van der Waals surface area contributed by atoms with Gasteiger partial charge in [0.25, 0.3) is 0 Å². The van der Waals surface area contributed by atoms with Crippen molar-refractivity contribution in [1.82, 2.24) is 10.3 Å². The van der Waals surface area contributed by atoms with Crippen LogP contribution in [-0.2, 0) is 6.42 Å². The fourth-order valence-electron chi connectivity index (χ4n) is 1.99. The molecule has 0 radical (unpaired) electrons. The quantitative estimate of drug-likeness (QED) is 0.749. The van der Waals surface area contributed by atoms with Crippen molar-refractivity contribution < 1.29 is 13.2 Å². The summed E-state index contributed by atoms with van der Waals surface area (Å²) in [4.78, 5) is 4.08. The molecule has 1 aromatic heterocycles. The molecule has 114 valence electrons. The maximum absolute atomic E-state index is 13.8. The summed E-state index contributed by atoms with van der Waals surface area (Å²) in [6.45, 7) is 3.95. The number of hydrogen-bond donors (Lipinski definition) is 1. The highest BCUT2D eigenvalue weighted by Crippen LogP contribution is 2.29. The summed E-state index contributed by atoms with van der Waals surface area (Å²) >= 11 is 3.05. The van der Waals surface area contributed by atoms with E-state index in [0.717, 1.165) is 25.9 Å². The summed E-state index contributed by atoms with van der Waals surface area (Å²) in [5.74, 6) is -0.734. The van der Waals surface area contributed by atoms with Gasteiger partial charge in [-0.1, -0.05) is 22.9 Å². The zero-order valence-electron chi connectivity index (χ0n) is 11.8. The minimum atomic E-state index is -0.672. The highest BCUT2D eigenvalue weighted by molar-refractivity contribution is 9.10. The number of hydrogen-bond acceptors (Lipinski definition) is 3. The first kappa shape index (κ1) is 16.1. The number of halogens is 3. The lowest BCUT2D eigenvalue weighted by molar-refractivity contribution is 0.484. The number of rotatable bonds is 7. The SMILES string of the molecule is CCCNCCCc1ncc(-c2c(F)cc(Br)cc2F)o1. The lowest BCUT2D eigenvalue weighted by Gasteiger charge is -2.02. The van der Waals surface area contributed by atoms with Crippen molar-refractivity contribution in [2.24, 2.45) is 0 Å². The molecule has 0 aliphatic heterocycles. The Morgan fingerprint density at radius 2 is 1.95 bits per heavy atom. The molecule has 1 heterocycles. The van der Waals surface area contributed by atoms with Gasteiger partial charge in [0.15, 0.2) is 11.7 Å². The lowest BCUT2D eigenvalue weighted by Crippen LogP contribution is -2.16. The monoisotopic (exact) mass is 358 g/mol. The topological polar surface area (TPSA) is 38.1 Å². The number of benzene rings is 1. The maximum Gasteiger partial charge on any atom is 0.194 e. The van der Waals surface area contributed by atoms with Crippen molar-refractivity contribution in [2.45, 2.75) is 26.2 Å². The van der Waals surface area contributed by atoms with Gasteiger partial charge in [0.1, 0.15) is 11.6 Å². The van der Waals surface area contributed by atoms with Gasteiger partial charge in [-0.3, -0.25) is 0 Å². The van der Waals surface area contributed by atoms with Crippen LogP contribution in [0.1, 0.15) is 25.7 Å². The zero-order chi connectivity index (χ0) is 15.2. The highest BCUT2D eigenvalue weighted by Gasteiger charge is 2.17.